The Labute approximate surface area is 247 Å². The molecule has 0 saturated carbocycles. The molecule has 4 radical (unpaired) electrons. The van der Waals surface area contributed by atoms with Crippen LogP contribution in [0.3, 0.4) is 0 Å². The molecule has 0 aromatic carbocycles. The van der Waals surface area contributed by atoms with Crippen LogP contribution < -0.4 is 0 Å². The van der Waals surface area contributed by atoms with Gasteiger partial charge in [-0.05, 0) is 74.8 Å². The average Bonchev–Trinajstić information content (AvgIpc) is 2.69. The highest BCUT2D eigenvalue weighted by Gasteiger charge is 2.52. The molecule has 0 aromatic rings. The Balaban J connectivity index is 6.91. The summed E-state index contributed by atoms with van der Waals surface area (Å²) in [7, 11) is 6.97. The predicted octanol–water partition coefficient (Wildman–Crippen LogP) is 11.1. The smallest absolute Gasteiger partial charge is 0.0902 e. The van der Waals surface area contributed by atoms with Gasteiger partial charge in [0.15, 0.2) is 16.1 Å². The van der Waals surface area contributed by atoms with Gasteiger partial charge < -0.3 is 0 Å². The lowest BCUT2D eigenvalue weighted by Gasteiger charge is -2.39. The molecular weight excluding hydrogens is 524 g/mol. The van der Waals surface area contributed by atoms with Crippen molar-refractivity contribution in [3.05, 3.63) is 0 Å². The van der Waals surface area contributed by atoms with Crippen LogP contribution in [0.4, 0.5) is 0 Å². The number of hydrogen-bond acceptors (Lipinski definition) is 0. The molecule has 38 heavy (non-hydrogen) atoms. The molecule has 214 valence electrons. The van der Waals surface area contributed by atoms with E-state index in [9.17, 15) is 0 Å². The molecule has 0 amide bonds. The van der Waals surface area contributed by atoms with Crippen LogP contribution in [0.2, 0.25) is 33.2 Å². The average molecular weight is 589 g/mol. The molecule has 0 bridgehead atoms. The van der Waals surface area contributed by atoms with Gasteiger partial charge in [0.25, 0.3) is 0 Å². The second-order valence-corrected chi connectivity index (χ2v) is 34.5. The fourth-order valence-electron chi connectivity index (χ4n) is 6.69. The topological polar surface area (TPSA) is 0 Å². The van der Waals surface area contributed by atoms with E-state index < -0.39 is 30.4 Å². The summed E-state index contributed by atoms with van der Waals surface area (Å²) in [6.45, 7) is 42.4. The third kappa shape index (κ3) is 8.09. The van der Waals surface area contributed by atoms with Gasteiger partial charge in [0.05, 0.1) is 22.6 Å². The normalized spacial score (nSPS) is 16.9. The van der Waals surface area contributed by atoms with Gasteiger partial charge in [-0.1, -0.05) is 94.2 Å². The molecule has 6 heteroatoms. The minimum atomic E-state index is -2.09. The fraction of sp³-hybridized carbons (Fsp3) is 0.875. The minimum absolute atomic E-state index is 0.0481. The first-order valence-corrected chi connectivity index (χ1v) is 23.8. The molecule has 0 rings (SSSR count). The minimum Gasteiger partial charge on any atom is -0.0902 e. The second kappa shape index (κ2) is 13.7. The SMILES string of the molecule is [B][P+](C#C[Si](C(C)C)(C(C)C)C(C)C)(CC[P+]([B])(C#C[Si](C(C)C)(C(C)C)C(C)C)C(C)(C)C)C(C)(C)C. The Morgan fingerprint density at radius 2 is 0.658 bits per heavy atom. The van der Waals surface area contributed by atoms with E-state index in [2.05, 4.69) is 147 Å². The van der Waals surface area contributed by atoms with Gasteiger partial charge in [0, 0.05) is 25.6 Å². The lowest BCUT2D eigenvalue weighted by Crippen LogP contribution is -2.43. The van der Waals surface area contributed by atoms with Crippen molar-refractivity contribution in [3.8, 4) is 22.4 Å². The Morgan fingerprint density at radius 3 is 0.789 bits per heavy atom. The quantitative estimate of drug-likeness (QED) is 0.143. The van der Waals surface area contributed by atoms with Crippen molar-refractivity contribution in [2.45, 2.75) is 168 Å². The van der Waals surface area contributed by atoms with Gasteiger partial charge in [-0.15, -0.1) is 0 Å². The highest BCUT2D eigenvalue weighted by molar-refractivity contribution is 8.05. The molecule has 0 aliphatic carbocycles. The van der Waals surface area contributed by atoms with Crippen LogP contribution in [0, 0.1) is 22.4 Å². The van der Waals surface area contributed by atoms with Gasteiger partial charge >= 0.3 is 15.1 Å². The van der Waals surface area contributed by atoms with E-state index in [-0.39, 0.29) is 10.3 Å². The summed E-state index contributed by atoms with van der Waals surface area (Å²) < 4.78 is 0. The van der Waals surface area contributed by atoms with Gasteiger partial charge in [-0.2, -0.15) is 0 Å². The summed E-state index contributed by atoms with van der Waals surface area (Å²) in [5.74, 6) is 0. The fourth-order valence-corrected chi connectivity index (χ4v) is 24.3. The molecule has 0 fully saturated rings. The Morgan fingerprint density at radius 1 is 0.474 bits per heavy atom. The van der Waals surface area contributed by atoms with Crippen molar-refractivity contribution >= 4 is 45.6 Å². The molecule has 0 aliphatic rings. The maximum atomic E-state index is 7.44. The van der Waals surface area contributed by atoms with Crippen LogP contribution in [0.5, 0.6) is 0 Å². The van der Waals surface area contributed by atoms with Gasteiger partial charge in [-0.3, -0.25) is 0 Å². The van der Waals surface area contributed by atoms with E-state index in [4.69, 9.17) is 15.1 Å². The zero-order valence-corrected chi connectivity index (χ0v) is 32.7. The third-order valence-corrected chi connectivity index (χ3v) is 30.9. The van der Waals surface area contributed by atoms with Crippen LogP contribution in [-0.2, 0) is 0 Å². The van der Waals surface area contributed by atoms with E-state index >= 15 is 0 Å². The molecule has 0 aliphatic heterocycles. The molecule has 0 saturated heterocycles. The molecule has 0 aromatic heterocycles. The maximum absolute atomic E-state index is 7.44. The first-order valence-electron chi connectivity index (χ1n) is 15.2. The van der Waals surface area contributed by atoms with Gasteiger partial charge in [0.2, 0.25) is 0 Å². The highest BCUT2D eigenvalue weighted by atomic mass is 31.2. The van der Waals surface area contributed by atoms with E-state index in [1.165, 1.54) is 0 Å². The summed E-state index contributed by atoms with van der Waals surface area (Å²) in [6.07, 6.45) is 1.80. The Hall–Kier alpha value is 0.544. The maximum Gasteiger partial charge on any atom is 0.381 e. The van der Waals surface area contributed by atoms with Crippen molar-refractivity contribution in [1.82, 2.24) is 0 Å². The summed E-state index contributed by atoms with van der Waals surface area (Å²) in [4.78, 5) is 0. The third-order valence-electron chi connectivity index (χ3n) is 9.88. The summed E-state index contributed by atoms with van der Waals surface area (Å²) in [5, 5.41) is -0.0962. The Bertz CT molecular complexity index is 771. The Kier molecular flexibility index (Phi) is 13.9. The molecule has 0 nitrogen and oxygen atoms in total. The molecule has 0 N–H and O–H groups in total. The molecule has 0 spiro atoms. The molecule has 0 heterocycles. The number of hydrogen-bond donors (Lipinski definition) is 0. The standard InChI is InChI=1S/C32H64B2P2Si2/c1-25(2)37(26(3)4,27(5)6)23-21-35(33,31(13,14)15)19-20-36(34,32(16,17)18)22-24-38(28(7)8,29(9)10)30(11)12/h25-30H,19-20H2,1-18H3/q+2. The molecule has 2 unspecified atom stereocenters. The predicted molar refractivity (Wildman–Crippen MR) is 192 cm³/mol. The molecule has 2 atom stereocenters. The van der Waals surface area contributed by atoms with Crippen molar-refractivity contribution < 1.29 is 0 Å². The van der Waals surface area contributed by atoms with E-state index in [0.717, 1.165) is 12.3 Å². The van der Waals surface area contributed by atoms with Crippen LogP contribution >= 0.6 is 14.3 Å². The number of rotatable bonds is 9. The largest absolute Gasteiger partial charge is 0.381 e. The van der Waals surface area contributed by atoms with Crippen molar-refractivity contribution in [2.24, 2.45) is 0 Å². The van der Waals surface area contributed by atoms with E-state index in [1.54, 1.807) is 0 Å². The molecular formula is C32H64B2P2Si2+2. The van der Waals surface area contributed by atoms with E-state index in [1.807, 2.05) is 0 Å². The van der Waals surface area contributed by atoms with Crippen LogP contribution in [0.15, 0.2) is 0 Å². The van der Waals surface area contributed by atoms with Gasteiger partial charge in [-0.25, -0.2) is 0 Å². The zero-order valence-electron chi connectivity index (χ0n) is 28.9. The first-order chi connectivity index (χ1) is 16.8. The summed E-state index contributed by atoms with van der Waals surface area (Å²) in [6, 6.07) is 0. The first kappa shape index (κ1) is 38.5. The highest BCUT2D eigenvalue weighted by Crippen LogP contribution is 2.71. The monoisotopic (exact) mass is 588 g/mol. The van der Waals surface area contributed by atoms with Crippen molar-refractivity contribution in [2.75, 3.05) is 12.3 Å². The van der Waals surface area contributed by atoms with Crippen LogP contribution in [0.25, 0.3) is 0 Å². The summed E-state index contributed by atoms with van der Waals surface area (Å²) in [5.41, 5.74) is 19.4. The lowest BCUT2D eigenvalue weighted by molar-refractivity contribution is 0.777. The van der Waals surface area contributed by atoms with Crippen molar-refractivity contribution in [1.29, 1.82) is 0 Å². The lowest BCUT2D eigenvalue weighted by atomic mass is 10.3. The second-order valence-electron chi connectivity index (χ2n) is 15.8. The van der Waals surface area contributed by atoms with Crippen molar-refractivity contribution in [3.63, 3.8) is 0 Å². The van der Waals surface area contributed by atoms with Crippen LogP contribution in [-0.4, -0.2) is 53.9 Å². The zero-order chi connectivity index (χ0) is 30.7. The van der Waals surface area contributed by atoms with Crippen LogP contribution in [0.1, 0.15) is 125 Å². The van der Waals surface area contributed by atoms with Gasteiger partial charge in [0.1, 0.15) is 0 Å². The van der Waals surface area contributed by atoms with E-state index in [0.29, 0.717) is 33.2 Å². The summed E-state index contributed by atoms with van der Waals surface area (Å²) >= 11 is 0.